The number of hydrogen-bond acceptors (Lipinski definition) is 3. The van der Waals surface area contributed by atoms with Crippen LogP contribution in [0.1, 0.15) is 34.7 Å². The molecule has 3 nitrogen and oxygen atoms in total. The van der Waals surface area contributed by atoms with E-state index >= 15 is 0 Å². The van der Waals surface area contributed by atoms with Gasteiger partial charge in [-0.1, -0.05) is 23.7 Å². The molecule has 17 heavy (non-hydrogen) atoms. The lowest BCUT2D eigenvalue weighted by molar-refractivity contribution is 0.0853. The molecule has 0 radical (unpaired) electrons. The molecule has 1 heterocycles. The number of benzene rings is 1. The molecule has 1 aliphatic rings. The number of nitrogens with two attached hydrogens (primary N) is 1. The van der Waals surface area contributed by atoms with Gasteiger partial charge in [-0.2, -0.15) is 0 Å². The van der Waals surface area contributed by atoms with E-state index in [0.717, 1.165) is 31.6 Å². The van der Waals surface area contributed by atoms with Crippen molar-refractivity contribution in [3.05, 3.63) is 34.3 Å². The van der Waals surface area contributed by atoms with Crippen molar-refractivity contribution in [2.75, 3.05) is 19.8 Å². The number of halogens is 1. The van der Waals surface area contributed by atoms with Gasteiger partial charge in [-0.3, -0.25) is 4.79 Å². The molecule has 1 saturated heterocycles. The van der Waals surface area contributed by atoms with Gasteiger partial charge in [0, 0.05) is 23.8 Å². The molecule has 1 fully saturated rings. The number of ether oxygens (including phenoxy) is 1. The summed E-state index contributed by atoms with van der Waals surface area (Å²) >= 11 is 6.23. The molecular weight excluding hydrogens is 238 g/mol. The Morgan fingerprint density at radius 2 is 2.12 bits per heavy atom. The molecule has 4 heteroatoms. The Hall–Kier alpha value is -0.900. The minimum absolute atomic E-state index is 0.0208. The van der Waals surface area contributed by atoms with E-state index in [9.17, 15) is 4.79 Å². The number of carbonyl (C=O) groups is 1. The van der Waals surface area contributed by atoms with Gasteiger partial charge in [0.15, 0.2) is 5.78 Å². The lowest BCUT2D eigenvalue weighted by Gasteiger charge is -2.23. The number of carbonyl (C=O) groups excluding carboxylic acids is 1. The SMILES string of the molecule is NCC(=O)c1ccc(C2CCOCC2)c(Cl)c1. The van der Waals surface area contributed by atoms with Crippen molar-refractivity contribution >= 4 is 17.4 Å². The monoisotopic (exact) mass is 253 g/mol. The molecule has 0 bridgehead atoms. The molecule has 0 saturated carbocycles. The van der Waals surface area contributed by atoms with Crippen LogP contribution >= 0.6 is 11.6 Å². The Labute approximate surface area is 106 Å². The third kappa shape index (κ3) is 2.86. The maximum atomic E-state index is 11.4. The van der Waals surface area contributed by atoms with E-state index in [1.807, 2.05) is 12.1 Å². The van der Waals surface area contributed by atoms with Crippen molar-refractivity contribution in [1.29, 1.82) is 0 Å². The highest BCUT2D eigenvalue weighted by molar-refractivity contribution is 6.31. The Bertz CT molecular complexity index is 414. The first kappa shape index (κ1) is 12.6. The van der Waals surface area contributed by atoms with E-state index in [-0.39, 0.29) is 12.3 Å². The standard InChI is InChI=1S/C13H16ClNO2/c14-12-7-10(13(16)8-15)1-2-11(12)9-3-5-17-6-4-9/h1-2,7,9H,3-6,8,15H2. The van der Waals surface area contributed by atoms with Crippen LogP contribution in [0.2, 0.25) is 5.02 Å². The zero-order valence-electron chi connectivity index (χ0n) is 9.62. The minimum Gasteiger partial charge on any atom is -0.381 e. The summed E-state index contributed by atoms with van der Waals surface area (Å²) in [6.07, 6.45) is 1.98. The second kappa shape index (κ2) is 5.63. The van der Waals surface area contributed by atoms with Gasteiger partial charge in [-0.25, -0.2) is 0 Å². The van der Waals surface area contributed by atoms with Gasteiger partial charge in [0.05, 0.1) is 6.54 Å². The van der Waals surface area contributed by atoms with Crippen molar-refractivity contribution in [2.45, 2.75) is 18.8 Å². The molecular formula is C13H16ClNO2. The van der Waals surface area contributed by atoms with Crippen LogP contribution in [0.4, 0.5) is 0 Å². The zero-order chi connectivity index (χ0) is 12.3. The Morgan fingerprint density at radius 3 is 2.71 bits per heavy atom. The van der Waals surface area contributed by atoms with Crippen molar-refractivity contribution in [1.82, 2.24) is 0 Å². The first-order valence-electron chi connectivity index (χ1n) is 5.83. The lowest BCUT2D eigenvalue weighted by Crippen LogP contribution is -2.16. The molecule has 1 aromatic rings. The number of hydrogen-bond donors (Lipinski definition) is 1. The molecule has 0 spiro atoms. The third-order valence-electron chi connectivity index (χ3n) is 3.17. The summed E-state index contributed by atoms with van der Waals surface area (Å²) < 4.78 is 5.33. The third-order valence-corrected chi connectivity index (χ3v) is 3.50. The molecule has 0 aliphatic carbocycles. The van der Waals surface area contributed by atoms with Gasteiger partial charge in [0.25, 0.3) is 0 Å². The number of rotatable bonds is 3. The highest BCUT2D eigenvalue weighted by atomic mass is 35.5. The van der Waals surface area contributed by atoms with Crippen LogP contribution in [-0.4, -0.2) is 25.5 Å². The molecule has 1 aliphatic heterocycles. The van der Waals surface area contributed by atoms with Crippen molar-refractivity contribution in [2.24, 2.45) is 5.73 Å². The van der Waals surface area contributed by atoms with Crippen LogP contribution < -0.4 is 5.73 Å². The summed E-state index contributed by atoms with van der Waals surface area (Å²) in [5.74, 6) is 0.365. The quantitative estimate of drug-likeness (QED) is 0.842. The van der Waals surface area contributed by atoms with E-state index in [2.05, 4.69) is 0 Å². The fraction of sp³-hybridized carbons (Fsp3) is 0.462. The summed E-state index contributed by atoms with van der Waals surface area (Å²) in [6.45, 7) is 1.59. The summed E-state index contributed by atoms with van der Waals surface area (Å²) in [6, 6.07) is 5.48. The minimum atomic E-state index is -0.0783. The lowest BCUT2D eigenvalue weighted by atomic mass is 9.91. The predicted molar refractivity (Wildman–Crippen MR) is 67.6 cm³/mol. The normalized spacial score (nSPS) is 17.1. The van der Waals surface area contributed by atoms with Gasteiger partial charge in [-0.05, 0) is 30.4 Å². The highest BCUT2D eigenvalue weighted by Gasteiger charge is 2.19. The molecule has 92 valence electrons. The molecule has 0 atom stereocenters. The second-order valence-corrected chi connectivity index (χ2v) is 4.66. The van der Waals surface area contributed by atoms with E-state index in [0.29, 0.717) is 16.5 Å². The van der Waals surface area contributed by atoms with Gasteiger partial charge in [0.2, 0.25) is 0 Å². The zero-order valence-corrected chi connectivity index (χ0v) is 10.4. The average Bonchev–Trinajstić information content (AvgIpc) is 2.38. The number of ketones is 1. The highest BCUT2D eigenvalue weighted by Crippen LogP contribution is 2.32. The van der Waals surface area contributed by atoms with Crippen LogP contribution in [0.15, 0.2) is 18.2 Å². The van der Waals surface area contributed by atoms with Crippen LogP contribution in [0.3, 0.4) is 0 Å². The smallest absolute Gasteiger partial charge is 0.176 e. The van der Waals surface area contributed by atoms with Crippen LogP contribution in [-0.2, 0) is 4.74 Å². The van der Waals surface area contributed by atoms with Crippen molar-refractivity contribution < 1.29 is 9.53 Å². The largest absolute Gasteiger partial charge is 0.381 e. The van der Waals surface area contributed by atoms with Gasteiger partial charge < -0.3 is 10.5 Å². The van der Waals surface area contributed by atoms with Gasteiger partial charge >= 0.3 is 0 Å². The Balaban J connectivity index is 2.21. The van der Waals surface area contributed by atoms with Gasteiger partial charge in [0.1, 0.15) is 0 Å². The van der Waals surface area contributed by atoms with E-state index in [4.69, 9.17) is 22.1 Å². The molecule has 0 amide bonds. The second-order valence-electron chi connectivity index (χ2n) is 4.25. The van der Waals surface area contributed by atoms with E-state index in [1.165, 1.54) is 0 Å². The van der Waals surface area contributed by atoms with Crippen molar-refractivity contribution in [3.63, 3.8) is 0 Å². The molecule has 2 rings (SSSR count). The first-order chi connectivity index (χ1) is 8.22. The van der Waals surface area contributed by atoms with Crippen LogP contribution in [0, 0.1) is 0 Å². The van der Waals surface area contributed by atoms with Gasteiger partial charge in [-0.15, -0.1) is 0 Å². The molecule has 0 unspecified atom stereocenters. The topological polar surface area (TPSA) is 52.3 Å². The average molecular weight is 254 g/mol. The Kier molecular flexibility index (Phi) is 4.15. The molecule has 1 aromatic carbocycles. The van der Waals surface area contributed by atoms with Crippen LogP contribution in [0.5, 0.6) is 0 Å². The fourth-order valence-corrected chi connectivity index (χ4v) is 2.49. The molecule has 0 aromatic heterocycles. The van der Waals surface area contributed by atoms with Crippen LogP contribution in [0.25, 0.3) is 0 Å². The Morgan fingerprint density at radius 1 is 1.41 bits per heavy atom. The maximum Gasteiger partial charge on any atom is 0.176 e. The van der Waals surface area contributed by atoms with Crippen molar-refractivity contribution in [3.8, 4) is 0 Å². The summed E-state index contributed by atoms with van der Waals surface area (Å²) in [7, 11) is 0. The molecule has 2 N–H and O–H groups in total. The van der Waals surface area contributed by atoms with E-state index in [1.54, 1.807) is 6.07 Å². The summed E-state index contributed by atoms with van der Waals surface area (Å²) in [4.78, 5) is 11.4. The summed E-state index contributed by atoms with van der Waals surface area (Å²) in [5, 5.41) is 0.663. The maximum absolute atomic E-state index is 11.4. The van der Waals surface area contributed by atoms with E-state index < -0.39 is 0 Å². The first-order valence-corrected chi connectivity index (χ1v) is 6.20. The predicted octanol–water partition coefficient (Wildman–Crippen LogP) is 2.38. The number of Topliss-reactive ketones (excluding diaryl/α,β-unsaturated/α-hetero) is 1. The fourth-order valence-electron chi connectivity index (χ4n) is 2.16. The summed E-state index contributed by atoms with van der Waals surface area (Å²) in [5.41, 5.74) is 7.03.